The Morgan fingerprint density at radius 2 is 1.71 bits per heavy atom. The minimum absolute atomic E-state index is 0.149. The van der Waals surface area contributed by atoms with Crippen molar-refractivity contribution >= 4 is 34.8 Å². The van der Waals surface area contributed by atoms with Crippen molar-refractivity contribution in [3.05, 3.63) is 106 Å². The number of hydrogen-bond acceptors (Lipinski definition) is 5. The summed E-state index contributed by atoms with van der Waals surface area (Å²) in [4.78, 5) is 28.1. The van der Waals surface area contributed by atoms with Crippen LogP contribution in [0.15, 0.2) is 72.9 Å². The molecule has 42 heavy (non-hydrogen) atoms. The van der Waals surface area contributed by atoms with E-state index >= 15 is 8.78 Å². The number of nitrogens with zero attached hydrogens (tertiary/aromatic N) is 4. The summed E-state index contributed by atoms with van der Waals surface area (Å²) in [6.45, 7) is 6.14. The third-order valence-corrected chi connectivity index (χ3v) is 6.94. The molecule has 2 heterocycles. The Kier molecular flexibility index (Phi) is 8.93. The van der Waals surface area contributed by atoms with Gasteiger partial charge in [0.05, 0.1) is 37.1 Å². The van der Waals surface area contributed by atoms with Gasteiger partial charge in [-0.2, -0.15) is 19.1 Å². The third-order valence-electron chi connectivity index (χ3n) is 6.68. The zero-order valence-electron chi connectivity index (χ0n) is 23.4. The second-order valence-corrected chi connectivity index (χ2v) is 9.66. The van der Waals surface area contributed by atoms with Crippen molar-refractivity contribution in [3.8, 4) is 11.8 Å². The van der Waals surface area contributed by atoms with Crippen molar-refractivity contribution in [2.75, 3.05) is 17.3 Å². The molecule has 11 heteroatoms. The van der Waals surface area contributed by atoms with Crippen LogP contribution in [0.5, 0.6) is 5.75 Å². The quantitative estimate of drug-likeness (QED) is 0.263. The molecule has 216 valence electrons. The van der Waals surface area contributed by atoms with Crippen molar-refractivity contribution < 1.29 is 23.1 Å². The lowest BCUT2D eigenvalue weighted by atomic mass is 9.99. The molecular formula is C31H28ClF2N5O3. The number of hydrogen-bond donors (Lipinski definition) is 1. The molecule has 1 aromatic heterocycles. The Labute approximate surface area is 247 Å². The number of carbonyl (C=O) groups excluding carboxylic acids is 2. The number of carbonyl (C=O) groups is 2. The van der Waals surface area contributed by atoms with Crippen LogP contribution >= 0.6 is 11.6 Å². The normalized spacial score (nSPS) is 14.3. The van der Waals surface area contributed by atoms with Crippen LogP contribution < -0.4 is 15.0 Å². The smallest absolute Gasteiger partial charge is 0.298 e. The summed E-state index contributed by atoms with van der Waals surface area (Å²) in [6.07, 6.45) is 1.38. The molecule has 0 aliphatic carbocycles. The van der Waals surface area contributed by atoms with Gasteiger partial charge in [-0.05, 0) is 49.4 Å². The van der Waals surface area contributed by atoms with Crippen molar-refractivity contribution in [2.24, 2.45) is 0 Å². The number of nitrogens with one attached hydrogen (secondary N) is 1. The Morgan fingerprint density at radius 1 is 1.10 bits per heavy atom. The Bertz CT molecular complexity index is 1650. The van der Waals surface area contributed by atoms with Gasteiger partial charge in [-0.25, -0.2) is 0 Å². The van der Waals surface area contributed by atoms with E-state index in [0.29, 0.717) is 23.0 Å². The molecule has 3 aromatic carbocycles. The molecule has 1 N–H and O–H groups in total. The first-order valence-electron chi connectivity index (χ1n) is 13.2. The number of aromatic nitrogens is 2. The molecule has 0 radical (unpaired) electrons. The number of methoxy groups -OCH3 is 1. The highest BCUT2D eigenvalue weighted by Crippen LogP contribution is 2.38. The fourth-order valence-electron chi connectivity index (χ4n) is 4.65. The number of fused-ring (bicyclic) bond motifs is 1. The first-order chi connectivity index (χ1) is 20.1. The summed E-state index contributed by atoms with van der Waals surface area (Å²) < 4.78 is 36.8. The average Bonchev–Trinajstić information content (AvgIpc) is 3.40. The lowest BCUT2D eigenvalue weighted by Gasteiger charge is -2.34. The molecule has 0 bridgehead atoms. The van der Waals surface area contributed by atoms with Gasteiger partial charge < -0.3 is 15.0 Å². The van der Waals surface area contributed by atoms with Crippen LogP contribution in [-0.2, 0) is 12.5 Å². The van der Waals surface area contributed by atoms with E-state index in [9.17, 15) is 14.9 Å². The average molecular weight is 592 g/mol. The molecule has 1 aliphatic heterocycles. The predicted molar refractivity (Wildman–Crippen MR) is 156 cm³/mol. The highest BCUT2D eigenvalue weighted by atomic mass is 35.5. The van der Waals surface area contributed by atoms with E-state index in [2.05, 4.69) is 10.4 Å². The monoisotopic (exact) mass is 591 g/mol. The summed E-state index contributed by atoms with van der Waals surface area (Å²) in [5, 5.41) is 16.6. The molecule has 1 atom stereocenters. The third kappa shape index (κ3) is 5.69. The number of benzene rings is 3. The van der Waals surface area contributed by atoms with Crippen molar-refractivity contribution in [1.82, 2.24) is 9.78 Å². The zero-order valence-corrected chi connectivity index (χ0v) is 24.1. The van der Waals surface area contributed by atoms with E-state index in [1.54, 1.807) is 0 Å². The molecule has 5 rings (SSSR count). The second-order valence-electron chi connectivity index (χ2n) is 9.22. The predicted octanol–water partition coefficient (Wildman–Crippen LogP) is 6.88. The minimum Gasteiger partial charge on any atom is -0.495 e. The number of halogens is 3. The fourth-order valence-corrected chi connectivity index (χ4v) is 4.77. The summed E-state index contributed by atoms with van der Waals surface area (Å²) in [5.74, 6) is -3.92. The van der Waals surface area contributed by atoms with Crippen molar-refractivity contribution in [2.45, 2.75) is 39.3 Å². The summed E-state index contributed by atoms with van der Waals surface area (Å²) in [6, 6.07) is 16.9. The van der Waals surface area contributed by atoms with Crippen LogP contribution in [0.1, 0.15) is 58.3 Å². The van der Waals surface area contributed by atoms with Gasteiger partial charge in [0.1, 0.15) is 17.5 Å². The van der Waals surface area contributed by atoms with Gasteiger partial charge in [0.15, 0.2) is 0 Å². The van der Waals surface area contributed by atoms with Crippen LogP contribution in [0.25, 0.3) is 0 Å². The Morgan fingerprint density at radius 3 is 2.31 bits per heavy atom. The highest BCUT2D eigenvalue weighted by Gasteiger charge is 2.37. The van der Waals surface area contributed by atoms with Gasteiger partial charge >= 0.3 is 0 Å². The van der Waals surface area contributed by atoms with Crippen LogP contribution in [0.3, 0.4) is 0 Å². The van der Waals surface area contributed by atoms with Gasteiger partial charge in [0, 0.05) is 27.4 Å². The van der Waals surface area contributed by atoms with E-state index in [1.165, 1.54) is 89.6 Å². The van der Waals surface area contributed by atoms with Crippen LogP contribution in [0, 0.1) is 11.3 Å². The van der Waals surface area contributed by atoms with Crippen molar-refractivity contribution in [1.29, 1.82) is 5.26 Å². The highest BCUT2D eigenvalue weighted by molar-refractivity contribution is 6.30. The fraction of sp³-hybridized carbons (Fsp3) is 0.226. The van der Waals surface area contributed by atoms with E-state index in [1.807, 2.05) is 26.8 Å². The number of amides is 2. The first kappa shape index (κ1) is 30.2. The molecule has 0 saturated carbocycles. The molecule has 1 aliphatic rings. The first-order valence-corrected chi connectivity index (χ1v) is 13.5. The van der Waals surface area contributed by atoms with Gasteiger partial charge in [0.25, 0.3) is 17.7 Å². The number of ether oxygens (including phenoxy) is 1. The van der Waals surface area contributed by atoms with Crippen LogP contribution in [-0.4, -0.2) is 34.7 Å². The molecule has 4 aromatic rings. The second kappa shape index (κ2) is 12.4. The summed E-state index contributed by atoms with van der Waals surface area (Å²) in [5.41, 5.74) is 0.714. The van der Waals surface area contributed by atoms with Gasteiger partial charge in [0.2, 0.25) is 0 Å². The van der Waals surface area contributed by atoms with E-state index in [4.69, 9.17) is 16.3 Å². The molecule has 2 amide bonds. The topological polar surface area (TPSA) is 100 Å². The maximum atomic E-state index is 15.1. The lowest BCUT2D eigenvalue weighted by molar-refractivity contribution is 0.0428. The molecule has 0 fully saturated rings. The molecule has 0 unspecified atom stereocenters. The Hall–Kier alpha value is -4.75. The zero-order chi connectivity index (χ0) is 30.6. The molecule has 0 saturated heterocycles. The number of alkyl halides is 2. The standard InChI is InChI=1S/C29H22ClF2N5O3.C2H6/c1-17-16-36-26(24(15-34-36)35-27(38)18-3-12-25(40-2)19(13-18)14-33)28(39)37(17)23-10-6-21(7-11-23)29(31,32)20-4-8-22(30)9-5-20;1-2/h3-13,15,17H,16H2,1-2H3,(H,35,38);1-2H3/t17-;/m0./s1. The van der Waals surface area contributed by atoms with Gasteiger partial charge in [-0.1, -0.05) is 49.7 Å². The maximum absolute atomic E-state index is 15.1. The molecule has 8 nitrogen and oxygen atoms in total. The summed E-state index contributed by atoms with van der Waals surface area (Å²) >= 11 is 5.84. The largest absolute Gasteiger partial charge is 0.495 e. The Balaban J connectivity index is 0.00000198. The molecule has 0 spiro atoms. The van der Waals surface area contributed by atoms with Crippen LogP contribution in [0.4, 0.5) is 20.2 Å². The summed E-state index contributed by atoms with van der Waals surface area (Å²) in [7, 11) is 1.42. The molecular weight excluding hydrogens is 564 g/mol. The minimum atomic E-state index is -3.26. The lowest BCUT2D eigenvalue weighted by Crippen LogP contribution is -2.47. The van der Waals surface area contributed by atoms with Crippen LogP contribution in [0.2, 0.25) is 5.02 Å². The maximum Gasteiger partial charge on any atom is 0.298 e. The van der Waals surface area contributed by atoms with E-state index in [-0.39, 0.29) is 39.7 Å². The van der Waals surface area contributed by atoms with E-state index < -0.39 is 17.7 Å². The number of anilines is 2. The number of rotatable bonds is 6. The number of nitriles is 1. The SMILES string of the molecule is CC.COc1ccc(C(=O)Nc2cnn3c2C(=O)N(c2ccc(C(F)(F)c4ccc(Cl)cc4)cc2)[C@@H](C)C3)cc1C#N. The van der Waals surface area contributed by atoms with Crippen molar-refractivity contribution in [3.63, 3.8) is 0 Å². The van der Waals surface area contributed by atoms with E-state index in [0.717, 1.165) is 0 Å². The van der Waals surface area contributed by atoms with Gasteiger partial charge in [-0.3, -0.25) is 14.3 Å². The van der Waals surface area contributed by atoms with Gasteiger partial charge in [-0.15, -0.1) is 0 Å².